The van der Waals surface area contributed by atoms with Crippen molar-refractivity contribution in [1.82, 2.24) is 4.90 Å². The first-order valence-electron chi connectivity index (χ1n) is 6.95. The molecule has 1 aliphatic heterocycles. The molecular weight excluding hydrogens is 302 g/mol. The molecule has 0 N–H and O–H groups in total. The van der Waals surface area contributed by atoms with Gasteiger partial charge >= 0.3 is 0 Å². The van der Waals surface area contributed by atoms with Gasteiger partial charge < -0.3 is 19.1 Å². The van der Waals surface area contributed by atoms with Crippen LogP contribution in [0.1, 0.15) is 5.56 Å². The Balaban J connectivity index is 2.51. The SMILES string of the molecule is COc1cc(/C(C#N)=C/N2CCOCC2)c([N+](=O)[O-])cc1OC. The third kappa shape index (κ3) is 3.70. The number of nitro groups is 1. The van der Waals surface area contributed by atoms with E-state index in [-0.39, 0.29) is 22.6 Å². The second-order valence-corrected chi connectivity index (χ2v) is 4.78. The van der Waals surface area contributed by atoms with Crippen LogP contribution in [0.2, 0.25) is 0 Å². The molecule has 0 aliphatic carbocycles. The average molecular weight is 319 g/mol. The Morgan fingerprint density at radius 1 is 1.35 bits per heavy atom. The number of methoxy groups -OCH3 is 2. The van der Waals surface area contributed by atoms with Gasteiger partial charge in [0.1, 0.15) is 6.07 Å². The molecule has 1 saturated heterocycles. The van der Waals surface area contributed by atoms with Gasteiger partial charge in [-0.15, -0.1) is 0 Å². The van der Waals surface area contributed by atoms with Gasteiger partial charge in [0.2, 0.25) is 0 Å². The molecule has 1 aromatic rings. The molecule has 8 heteroatoms. The largest absolute Gasteiger partial charge is 0.493 e. The zero-order chi connectivity index (χ0) is 16.8. The fourth-order valence-corrected chi connectivity index (χ4v) is 2.28. The highest BCUT2D eigenvalue weighted by atomic mass is 16.6. The number of allylic oxidation sites excluding steroid dienone is 1. The van der Waals surface area contributed by atoms with Crippen LogP contribution >= 0.6 is 0 Å². The third-order valence-corrected chi connectivity index (χ3v) is 3.47. The van der Waals surface area contributed by atoms with Gasteiger partial charge in [0.05, 0.1) is 49.6 Å². The maximum Gasteiger partial charge on any atom is 0.281 e. The van der Waals surface area contributed by atoms with Crippen LogP contribution in [0.25, 0.3) is 5.57 Å². The van der Waals surface area contributed by atoms with Crippen molar-refractivity contribution >= 4 is 11.3 Å². The zero-order valence-electron chi connectivity index (χ0n) is 12.9. The van der Waals surface area contributed by atoms with Crippen molar-refractivity contribution in [3.63, 3.8) is 0 Å². The molecule has 0 bridgehead atoms. The quantitative estimate of drug-likeness (QED) is 0.463. The molecule has 1 aliphatic rings. The summed E-state index contributed by atoms with van der Waals surface area (Å²) in [7, 11) is 2.83. The van der Waals surface area contributed by atoms with Crippen molar-refractivity contribution in [3.05, 3.63) is 34.0 Å². The van der Waals surface area contributed by atoms with Crippen LogP contribution in [0.15, 0.2) is 18.3 Å². The molecule has 0 unspecified atom stereocenters. The van der Waals surface area contributed by atoms with E-state index in [2.05, 4.69) is 0 Å². The predicted octanol–water partition coefficient (Wildman–Crippen LogP) is 1.81. The first-order valence-corrected chi connectivity index (χ1v) is 6.95. The molecule has 0 spiro atoms. The fourth-order valence-electron chi connectivity index (χ4n) is 2.28. The molecule has 23 heavy (non-hydrogen) atoms. The number of ether oxygens (including phenoxy) is 3. The van der Waals surface area contributed by atoms with E-state index < -0.39 is 4.92 Å². The Labute approximate surface area is 133 Å². The lowest BCUT2D eigenvalue weighted by Crippen LogP contribution is -2.32. The summed E-state index contributed by atoms with van der Waals surface area (Å²) in [6, 6.07) is 4.74. The number of rotatable bonds is 5. The molecule has 2 rings (SSSR count). The van der Waals surface area contributed by atoms with E-state index in [1.54, 1.807) is 6.20 Å². The van der Waals surface area contributed by atoms with Gasteiger partial charge in [-0.3, -0.25) is 10.1 Å². The molecule has 8 nitrogen and oxygen atoms in total. The normalized spacial score (nSPS) is 15.0. The number of nitrogens with zero attached hydrogens (tertiary/aromatic N) is 3. The number of benzene rings is 1. The molecule has 0 atom stereocenters. The Hall–Kier alpha value is -2.79. The molecule has 0 aromatic heterocycles. The van der Waals surface area contributed by atoms with E-state index in [1.165, 1.54) is 26.4 Å². The fraction of sp³-hybridized carbons (Fsp3) is 0.400. The van der Waals surface area contributed by atoms with Crippen molar-refractivity contribution < 1.29 is 19.1 Å². The number of nitriles is 1. The van der Waals surface area contributed by atoms with Crippen molar-refractivity contribution in [1.29, 1.82) is 5.26 Å². The Morgan fingerprint density at radius 3 is 2.48 bits per heavy atom. The molecule has 1 fully saturated rings. The highest BCUT2D eigenvalue weighted by molar-refractivity contribution is 5.83. The lowest BCUT2D eigenvalue weighted by Gasteiger charge is -2.25. The molecule has 1 aromatic carbocycles. The van der Waals surface area contributed by atoms with Gasteiger partial charge in [0.15, 0.2) is 11.5 Å². The third-order valence-electron chi connectivity index (χ3n) is 3.47. The highest BCUT2D eigenvalue weighted by Crippen LogP contribution is 2.37. The maximum atomic E-state index is 11.3. The van der Waals surface area contributed by atoms with Crippen molar-refractivity contribution in [2.24, 2.45) is 0 Å². The second kappa shape index (κ2) is 7.47. The topological polar surface area (TPSA) is 97.9 Å². The van der Waals surface area contributed by atoms with E-state index >= 15 is 0 Å². The molecule has 1 heterocycles. The van der Waals surface area contributed by atoms with E-state index in [0.29, 0.717) is 32.1 Å². The summed E-state index contributed by atoms with van der Waals surface area (Å²) in [5, 5.41) is 20.8. The molecule has 0 amide bonds. The summed E-state index contributed by atoms with van der Waals surface area (Å²) in [6.45, 7) is 2.38. The summed E-state index contributed by atoms with van der Waals surface area (Å²) in [5.41, 5.74) is 0.185. The summed E-state index contributed by atoms with van der Waals surface area (Å²) in [6.07, 6.45) is 1.62. The number of nitro benzene ring substituents is 1. The van der Waals surface area contributed by atoms with Gasteiger partial charge in [0, 0.05) is 19.3 Å². The minimum Gasteiger partial charge on any atom is -0.493 e. The van der Waals surface area contributed by atoms with Gasteiger partial charge in [-0.25, -0.2) is 0 Å². The molecular formula is C15H17N3O5. The Kier molecular flexibility index (Phi) is 5.38. The number of hydrogen-bond donors (Lipinski definition) is 0. The minimum atomic E-state index is -0.540. The van der Waals surface area contributed by atoms with Crippen LogP contribution in [0.3, 0.4) is 0 Å². The molecule has 0 saturated carbocycles. The van der Waals surface area contributed by atoms with Crippen molar-refractivity contribution in [2.45, 2.75) is 0 Å². The Bertz CT molecular complexity index is 660. The van der Waals surface area contributed by atoms with E-state index in [4.69, 9.17) is 14.2 Å². The van der Waals surface area contributed by atoms with Gasteiger partial charge in [-0.1, -0.05) is 0 Å². The molecule has 122 valence electrons. The van der Waals surface area contributed by atoms with Crippen LogP contribution < -0.4 is 9.47 Å². The average Bonchev–Trinajstić information content (AvgIpc) is 2.59. The first kappa shape index (κ1) is 16.6. The summed E-state index contributed by atoms with van der Waals surface area (Å²) in [5.74, 6) is 0.572. The van der Waals surface area contributed by atoms with Crippen LogP contribution in [-0.4, -0.2) is 50.3 Å². The van der Waals surface area contributed by atoms with Crippen LogP contribution in [0, 0.1) is 21.4 Å². The van der Waals surface area contributed by atoms with E-state index in [0.717, 1.165) is 0 Å². The lowest BCUT2D eigenvalue weighted by molar-refractivity contribution is -0.385. The van der Waals surface area contributed by atoms with Gasteiger partial charge in [-0.05, 0) is 6.07 Å². The number of hydrogen-bond acceptors (Lipinski definition) is 7. The first-order chi connectivity index (χ1) is 11.1. The van der Waals surface area contributed by atoms with Gasteiger partial charge in [-0.2, -0.15) is 5.26 Å². The smallest absolute Gasteiger partial charge is 0.281 e. The predicted molar refractivity (Wildman–Crippen MR) is 82.2 cm³/mol. The maximum absolute atomic E-state index is 11.3. The van der Waals surface area contributed by atoms with Crippen LogP contribution in [0.4, 0.5) is 5.69 Å². The van der Waals surface area contributed by atoms with E-state index in [1.807, 2.05) is 11.0 Å². The summed E-state index contributed by atoms with van der Waals surface area (Å²) in [4.78, 5) is 12.7. The standard InChI is InChI=1S/C15H17N3O5/c1-21-14-7-12(13(18(19)20)8-15(14)22-2)11(9-16)10-17-3-5-23-6-4-17/h7-8,10H,3-6H2,1-2H3/b11-10+. The second-order valence-electron chi connectivity index (χ2n) is 4.78. The molecule has 0 radical (unpaired) electrons. The van der Waals surface area contributed by atoms with Crippen LogP contribution in [-0.2, 0) is 4.74 Å². The highest BCUT2D eigenvalue weighted by Gasteiger charge is 2.23. The van der Waals surface area contributed by atoms with Gasteiger partial charge in [0.25, 0.3) is 5.69 Å². The summed E-state index contributed by atoms with van der Waals surface area (Å²) < 4.78 is 15.5. The van der Waals surface area contributed by atoms with Crippen LogP contribution in [0.5, 0.6) is 11.5 Å². The van der Waals surface area contributed by atoms with Crippen molar-refractivity contribution in [3.8, 4) is 17.6 Å². The van der Waals surface area contributed by atoms with E-state index in [9.17, 15) is 15.4 Å². The lowest BCUT2D eigenvalue weighted by atomic mass is 10.0. The Morgan fingerprint density at radius 2 is 1.96 bits per heavy atom. The zero-order valence-corrected chi connectivity index (χ0v) is 12.9. The summed E-state index contributed by atoms with van der Waals surface area (Å²) >= 11 is 0. The number of morpholine rings is 1. The monoisotopic (exact) mass is 319 g/mol. The van der Waals surface area contributed by atoms with Crippen molar-refractivity contribution in [2.75, 3.05) is 40.5 Å². The minimum absolute atomic E-state index is 0.194.